The van der Waals surface area contributed by atoms with Gasteiger partial charge in [0.25, 0.3) is 0 Å². The molecule has 0 heterocycles. The van der Waals surface area contributed by atoms with Crippen molar-refractivity contribution in [3.8, 4) is 6.07 Å². The number of nitrogens with zero attached hydrogens (tertiary/aromatic N) is 1. The van der Waals surface area contributed by atoms with Gasteiger partial charge in [0, 0.05) is 6.04 Å². The van der Waals surface area contributed by atoms with Crippen LogP contribution in [0.3, 0.4) is 0 Å². The third kappa shape index (κ3) is 3.35. The smallest absolute Gasteiger partial charge is 0.207 e. The largest absolute Gasteiger partial charge is 0.240 e. The van der Waals surface area contributed by atoms with E-state index >= 15 is 0 Å². The van der Waals surface area contributed by atoms with Gasteiger partial charge in [-0.1, -0.05) is 18.2 Å². The molecule has 1 aromatic rings. The van der Waals surface area contributed by atoms with E-state index in [-0.39, 0.29) is 17.4 Å². The summed E-state index contributed by atoms with van der Waals surface area (Å²) in [5.41, 5.74) is 0. The SMILES string of the molecule is CC(CC#N)NS(=O)(=O)c1ccccc1. The monoisotopic (exact) mass is 224 g/mol. The number of hydrogen-bond donors (Lipinski definition) is 1. The topological polar surface area (TPSA) is 70.0 Å². The van der Waals surface area contributed by atoms with Gasteiger partial charge >= 0.3 is 0 Å². The fourth-order valence-corrected chi connectivity index (χ4v) is 2.38. The van der Waals surface area contributed by atoms with Crippen molar-refractivity contribution < 1.29 is 8.42 Å². The van der Waals surface area contributed by atoms with Crippen molar-refractivity contribution in [1.82, 2.24) is 4.72 Å². The zero-order chi connectivity index (χ0) is 11.3. The van der Waals surface area contributed by atoms with E-state index in [9.17, 15) is 8.42 Å². The van der Waals surface area contributed by atoms with Gasteiger partial charge in [0.2, 0.25) is 10.0 Å². The minimum atomic E-state index is -3.48. The molecular weight excluding hydrogens is 212 g/mol. The van der Waals surface area contributed by atoms with E-state index in [1.54, 1.807) is 25.1 Å². The molecule has 4 nitrogen and oxygen atoms in total. The Labute approximate surface area is 89.6 Å². The number of benzene rings is 1. The van der Waals surface area contributed by atoms with Gasteiger partial charge in [0.05, 0.1) is 17.4 Å². The van der Waals surface area contributed by atoms with Crippen molar-refractivity contribution in [2.24, 2.45) is 0 Å². The molecule has 0 saturated heterocycles. The standard InChI is InChI=1S/C10H12N2O2S/c1-9(7-8-11)12-15(13,14)10-5-3-2-4-6-10/h2-6,9,12H,7H2,1H3. The Kier molecular flexibility index (Phi) is 3.83. The lowest BCUT2D eigenvalue weighted by Gasteiger charge is -2.10. The first kappa shape index (κ1) is 11.7. The van der Waals surface area contributed by atoms with Crippen molar-refractivity contribution in [1.29, 1.82) is 5.26 Å². The van der Waals surface area contributed by atoms with Gasteiger partial charge in [0.15, 0.2) is 0 Å². The highest BCUT2D eigenvalue weighted by Gasteiger charge is 2.16. The van der Waals surface area contributed by atoms with Gasteiger partial charge in [-0.15, -0.1) is 0 Å². The molecule has 15 heavy (non-hydrogen) atoms. The molecule has 1 unspecified atom stereocenters. The van der Waals surface area contributed by atoms with E-state index in [2.05, 4.69) is 4.72 Å². The lowest BCUT2D eigenvalue weighted by atomic mass is 10.3. The fraction of sp³-hybridized carbons (Fsp3) is 0.300. The Balaban J connectivity index is 2.82. The number of nitriles is 1. The third-order valence-electron chi connectivity index (χ3n) is 1.81. The van der Waals surface area contributed by atoms with Gasteiger partial charge in [0.1, 0.15) is 0 Å². The van der Waals surface area contributed by atoms with Gasteiger partial charge in [-0.25, -0.2) is 13.1 Å². The molecule has 0 amide bonds. The summed E-state index contributed by atoms with van der Waals surface area (Å²) in [6.45, 7) is 1.66. The van der Waals surface area contributed by atoms with Gasteiger partial charge in [-0.2, -0.15) is 5.26 Å². The molecule has 1 atom stereocenters. The van der Waals surface area contributed by atoms with Crippen LogP contribution >= 0.6 is 0 Å². The van der Waals surface area contributed by atoms with Gasteiger partial charge in [-0.3, -0.25) is 0 Å². The molecule has 0 fully saturated rings. The molecule has 0 aliphatic rings. The van der Waals surface area contributed by atoms with E-state index in [0.717, 1.165) is 0 Å². The van der Waals surface area contributed by atoms with Crippen molar-refractivity contribution in [3.63, 3.8) is 0 Å². The van der Waals surface area contributed by atoms with Crippen LogP contribution in [0.2, 0.25) is 0 Å². The zero-order valence-electron chi connectivity index (χ0n) is 8.34. The summed E-state index contributed by atoms with van der Waals surface area (Å²) in [5.74, 6) is 0. The Hall–Kier alpha value is -1.38. The molecule has 0 spiro atoms. The molecular formula is C10H12N2O2S. The molecule has 0 bridgehead atoms. The van der Waals surface area contributed by atoms with Crippen molar-refractivity contribution in [2.45, 2.75) is 24.3 Å². The van der Waals surface area contributed by atoms with Gasteiger partial charge in [-0.05, 0) is 19.1 Å². The lowest BCUT2D eigenvalue weighted by Crippen LogP contribution is -2.32. The number of rotatable bonds is 4. The quantitative estimate of drug-likeness (QED) is 0.837. The van der Waals surface area contributed by atoms with Crippen LogP contribution in [0, 0.1) is 11.3 Å². The lowest BCUT2D eigenvalue weighted by molar-refractivity contribution is 0.563. The summed E-state index contributed by atoms with van der Waals surface area (Å²) in [6.07, 6.45) is 0.159. The first-order valence-electron chi connectivity index (χ1n) is 4.50. The van der Waals surface area contributed by atoms with Gasteiger partial charge < -0.3 is 0 Å². The molecule has 1 aromatic carbocycles. The van der Waals surface area contributed by atoms with Crippen LogP contribution in [0.4, 0.5) is 0 Å². The Morgan fingerprint density at radius 1 is 1.40 bits per heavy atom. The van der Waals surface area contributed by atoms with E-state index < -0.39 is 10.0 Å². The predicted molar refractivity (Wildman–Crippen MR) is 56.5 cm³/mol. The molecule has 0 saturated carbocycles. The van der Waals surface area contributed by atoms with Crippen LogP contribution in [0.1, 0.15) is 13.3 Å². The maximum absolute atomic E-state index is 11.7. The highest BCUT2D eigenvalue weighted by Crippen LogP contribution is 2.08. The van der Waals surface area contributed by atoms with Crippen LogP contribution in [-0.4, -0.2) is 14.5 Å². The summed E-state index contributed by atoms with van der Waals surface area (Å²) in [7, 11) is -3.48. The summed E-state index contributed by atoms with van der Waals surface area (Å²) >= 11 is 0. The average Bonchev–Trinajstić information content (AvgIpc) is 2.18. The second-order valence-electron chi connectivity index (χ2n) is 3.20. The van der Waals surface area contributed by atoms with Crippen molar-refractivity contribution in [3.05, 3.63) is 30.3 Å². The Morgan fingerprint density at radius 2 is 2.00 bits per heavy atom. The summed E-state index contributed by atoms with van der Waals surface area (Å²) < 4.78 is 25.8. The predicted octanol–water partition coefficient (Wildman–Crippen LogP) is 1.27. The molecule has 0 aliphatic heterocycles. The van der Waals surface area contributed by atoms with Crippen LogP contribution in [0.5, 0.6) is 0 Å². The molecule has 0 aliphatic carbocycles. The molecule has 1 N–H and O–H groups in total. The maximum Gasteiger partial charge on any atom is 0.240 e. The van der Waals surface area contributed by atoms with Crippen molar-refractivity contribution in [2.75, 3.05) is 0 Å². The minimum absolute atomic E-state index is 0.159. The second-order valence-corrected chi connectivity index (χ2v) is 4.91. The number of nitrogens with one attached hydrogen (secondary N) is 1. The van der Waals surface area contributed by atoms with Crippen molar-refractivity contribution >= 4 is 10.0 Å². The Bertz CT molecular complexity index is 448. The number of hydrogen-bond acceptors (Lipinski definition) is 3. The normalized spacial score (nSPS) is 13.1. The fourth-order valence-electron chi connectivity index (χ4n) is 1.11. The molecule has 0 radical (unpaired) electrons. The second kappa shape index (κ2) is 4.91. The summed E-state index contributed by atoms with van der Waals surface area (Å²) in [5, 5.41) is 8.42. The molecule has 80 valence electrons. The van der Waals surface area contributed by atoms with E-state index in [1.807, 2.05) is 6.07 Å². The summed E-state index contributed by atoms with van der Waals surface area (Å²) in [4.78, 5) is 0.217. The van der Waals surface area contributed by atoms with Crippen LogP contribution in [-0.2, 0) is 10.0 Å². The third-order valence-corrected chi connectivity index (χ3v) is 3.41. The van der Waals surface area contributed by atoms with E-state index in [1.165, 1.54) is 12.1 Å². The zero-order valence-corrected chi connectivity index (χ0v) is 9.16. The first-order chi connectivity index (χ1) is 7.06. The van der Waals surface area contributed by atoms with Crippen LogP contribution in [0.25, 0.3) is 0 Å². The minimum Gasteiger partial charge on any atom is -0.207 e. The summed E-state index contributed by atoms with van der Waals surface area (Å²) in [6, 6.07) is 9.63. The van der Waals surface area contributed by atoms with Crippen LogP contribution in [0.15, 0.2) is 35.2 Å². The average molecular weight is 224 g/mol. The molecule has 1 rings (SSSR count). The Morgan fingerprint density at radius 3 is 2.53 bits per heavy atom. The van der Waals surface area contributed by atoms with E-state index in [0.29, 0.717) is 0 Å². The first-order valence-corrected chi connectivity index (χ1v) is 5.99. The molecule has 0 aromatic heterocycles. The number of sulfonamides is 1. The van der Waals surface area contributed by atoms with E-state index in [4.69, 9.17) is 5.26 Å². The molecule has 5 heteroatoms. The maximum atomic E-state index is 11.7. The van der Waals surface area contributed by atoms with Crippen LogP contribution < -0.4 is 4.72 Å². The highest BCUT2D eigenvalue weighted by atomic mass is 32.2. The highest BCUT2D eigenvalue weighted by molar-refractivity contribution is 7.89.